The van der Waals surface area contributed by atoms with Crippen LogP contribution in [0, 0.1) is 5.82 Å². The van der Waals surface area contributed by atoms with Crippen molar-refractivity contribution in [2.75, 3.05) is 43.6 Å². The Bertz CT molecular complexity index is 760. The topological polar surface area (TPSA) is 50.8 Å². The van der Waals surface area contributed by atoms with Gasteiger partial charge in [-0.2, -0.15) is 0 Å². The Balaban J connectivity index is 1.67. The minimum absolute atomic E-state index is 0.175. The fraction of sp³-hybridized carbons (Fsp3) is 0.350. The number of carbonyl (C=O) groups is 1. The molecule has 0 unspecified atom stereocenters. The quantitative estimate of drug-likeness (QED) is 0.861. The van der Waals surface area contributed by atoms with Gasteiger partial charge in [-0.1, -0.05) is 18.2 Å². The molecule has 6 heteroatoms. The molecule has 1 fully saturated rings. The molecular formula is C20H23FN2O3. The van der Waals surface area contributed by atoms with Crippen molar-refractivity contribution in [2.24, 2.45) is 0 Å². The molecule has 138 valence electrons. The molecule has 1 heterocycles. The minimum Gasteiger partial charge on any atom is -0.495 e. The van der Waals surface area contributed by atoms with Gasteiger partial charge in [0.15, 0.2) is 0 Å². The molecule has 0 aromatic heterocycles. The number of carbonyl (C=O) groups excluding carboxylic acids is 1. The van der Waals surface area contributed by atoms with Crippen LogP contribution in [0.2, 0.25) is 0 Å². The molecule has 0 bridgehead atoms. The van der Waals surface area contributed by atoms with E-state index in [0.717, 1.165) is 18.8 Å². The average Bonchev–Trinajstić information content (AvgIpc) is 2.68. The Labute approximate surface area is 152 Å². The number of nitrogens with one attached hydrogen (secondary N) is 1. The van der Waals surface area contributed by atoms with Crippen molar-refractivity contribution < 1.29 is 18.7 Å². The Morgan fingerprint density at radius 3 is 2.73 bits per heavy atom. The van der Waals surface area contributed by atoms with Crippen LogP contribution >= 0.6 is 0 Å². The van der Waals surface area contributed by atoms with Gasteiger partial charge in [0.1, 0.15) is 11.6 Å². The summed E-state index contributed by atoms with van der Waals surface area (Å²) in [4.78, 5) is 14.5. The molecule has 0 atom stereocenters. The number of ether oxygens (including phenoxy) is 2. The van der Waals surface area contributed by atoms with Gasteiger partial charge in [-0.3, -0.25) is 4.79 Å². The highest BCUT2D eigenvalue weighted by atomic mass is 19.1. The van der Waals surface area contributed by atoms with E-state index in [9.17, 15) is 9.18 Å². The number of aryl methyl sites for hydroxylation is 1. The van der Waals surface area contributed by atoms with Gasteiger partial charge in [-0.05, 0) is 36.2 Å². The molecule has 26 heavy (non-hydrogen) atoms. The summed E-state index contributed by atoms with van der Waals surface area (Å²) in [6, 6.07) is 12.2. The highest BCUT2D eigenvalue weighted by Gasteiger charge is 2.15. The third kappa shape index (κ3) is 4.52. The number of benzene rings is 2. The molecule has 0 spiro atoms. The Hall–Kier alpha value is -2.60. The van der Waals surface area contributed by atoms with E-state index in [-0.39, 0.29) is 18.1 Å². The molecule has 0 radical (unpaired) electrons. The van der Waals surface area contributed by atoms with Crippen LogP contribution in [0.5, 0.6) is 5.75 Å². The van der Waals surface area contributed by atoms with Crippen LogP contribution in [0.4, 0.5) is 15.8 Å². The highest BCUT2D eigenvalue weighted by molar-refractivity contribution is 5.93. The molecule has 0 aliphatic carbocycles. The second-order valence-electron chi connectivity index (χ2n) is 6.12. The van der Waals surface area contributed by atoms with Crippen LogP contribution in [0.1, 0.15) is 12.0 Å². The zero-order valence-corrected chi connectivity index (χ0v) is 14.8. The Morgan fingerprint density at radius 1 is 1.23 bits per heavy atom. The molecule has 1 amide bonds. The fourth-order valence-corrected chi connectivity index (χ4v) is 2.97. The first-order chi connectivity index (χ1) is 12.7. The van der Waals surface area contributed by atoms with E-state index >= 15 is 0 Å². The van der Waals surface area contributed by atoms with E-state index < -0.39 is 0 Å². The molecular weight excluding hydrogens is 335 g/mol. The summed E-state index contributed by atoms with van der Waals surface area (Å²) in [6.45, 7) is 3.01. The molecule has 1 aliphatic heterocycles. The maximum Gasteiger partial charge on any atom is 0.224 e. The standard InChI is InChI=1S/C20H23FN2O3/c1-25-19-8-7-16(23-10-12-26-13-11-23)14-18(19)22-20(24)9-6-15-4-2-3-5-17(15)21/h2-5,7-8,14H,6,9-13H2,1H3,(H,22,24). The first-order valence-corrected chi connectivity index (χ1v) is 8.71. The predicted octanol–water partition coefficient (Wildman–Crippen LogP) is 3.24. The van der Waals surface area contributed by atoms with Crippen molar-refractivity contribution in [1.82, 2.24) is 0 Å². The summed E-state index contributed by atoms with van der Waals surface area (Å²) in [5.74, 6) is 0.138. The average molecular weight is 358 g/mol. The number of anilines is 2. The third-order valence-electron chi connectivity index (χ3n) is 4.41. The lowest BCUT2D eigenvalue weighted by Crippen LogP contribution is -2.36. The molecule has 1 aliphatic rings. The number of amides is 1. The first kappa shape index (κ1) is 18.2. The van der Waals surface area contributed by atoms with E-state index in [1.807, 2.05) is 18.2 Å². The van der Waals surface area contributed by atoms with Crippen LogP contribution < -0.4 is 15.0 Å². The van der Waals surface area contributed by atoms with Crippen molar-refractivity contribution in [3.05, 3.63) is 53.8 Å². The van der Waals surface area contributed by atoms with Gasteiger partial charge >= 0.3 is 0 Å². The summed E-state index contributed by atoms with van der Waals surface area (Å²) >= 11 is 0. The second-order valence-corrected chi connectivity index (χ2v) is 6.12. The predicted molar refractivity (Wildman–Crippen MR) is 99.4 cm³/mol. The van der Waals surface area contributed by atoms with E-state index in [1.165, 1.54) is 6.07 Å². The lowest BCUT2D eigenvalue weighted by molar-refractivity contribution is -0.116. The normalized spacial score (nSPS) is 14.2. The molecule has 5 nitrogen and oxygen atoms in total. The monoisotopic (exact) mass is 358 g/mol. The number of rotatable bonds is 6. The van der Waals surface area contributed by atoms with E-state index in [0.29, 0.717) is 36.6 Å². The third-order valence-corrected chi connectivity index (χ3v) is 4.41. The number of hydrogen-bond acceptors (Lipinski definition) is 4. The van der Waals surface area contributed by atoms with E-state index in [2.05, 4.69) is 10.2 Å². The van der Waals surface area contributed by atoms with E-state index in [4.69, 9.17) is 9.47 Å². The van der Waals surface area contributed by atoms with Gasteiger partial charge in [0.05, 0.1) is 26.0 Å². The SMILES string of the molecule is COc1ccc(N2CCOCC2)cc1NC(=O)CCc1ccccc1F. The van der Waals surface area contributed by atoms with Gasteiger partial charge < -0.3 is 19.7 Å². The van der Waals surface area contributed by atoms with Gasteiger partial charge in [0.2, 0.25) is 5.91 Å². The molecule has 1 N–H and O–H groups in total. The van der Waals surface area contributed by atoms with Gasteiger partial charge in [0, 0.05) is 25.2 Å². The highest BCUT2D eigenvalue weighted by Crippen LogP contribution is 2.30. The van der Waals surface area contributed by atoms with Crippen LogP contribution in [0.25, 0.3) is 0 Å². The molecule has 2 aromatic carbocycles. The summed E-state index contributed by atoms with van der Waals surface area (Å²) in [5, 5.41) is 2.89. The number of hydrogen-bond donors (Lipinski definition) is 1. The number of nitrogens with zero attached hydrogens (tertiary/aromatic N) is 1. The summed E-state index contributed by atoms with van der Waals surface area (Å²) in [5.41, 5.74) is 2.17. The number of morpholine rings is 1. The van der Waals surface area contributed by atoms with E-state index in [1.54, 1.807) is 25.3 Å². The van der Waals surface area contributed by atoms with Gasteiger partial charge in [-0.15, -0.1) is 0 Å². The summed E-state index contributed by atoms with van der Waals surface area (Å²) in [7, 11) is 1.57. The Morgan fingerprint density at radius 2 is 2.00 bits per heavy atom. The maximum atomic E-state index is 13.7. The van der Waals surface area contributed by atoms with Crippen molar-refractivity contribution in [3.63, 3.8) is 0 Å². The smallest absolute Gasteiger partial charge is 0.224 e. The van der Waals surface area contributed by atoms with Gasteiger partial charge in [-0.25, -0.2) is 4.39 Å². The zero-order chi connectivity index (χ0) is 18.4. The molecule has 0 saturated carbocycles. The van der Waals surface area contributed by atoms with Crippen molar-refractivity contribution in [3.8, 4) is 5.75 Å². The first-order valence-electron chi connectivity index (χ1n) is 8.71. The second kappa shape index (κ2) is 8.67. The van der Waals surface area contributed by atoms with Crippen LogP contribution in [-0.2, 0) is 16.0 Å². The van der Waals surface area contributed by atoms with Crippen molar-refractivity contribution in [2.45, 2.75) is 12.8 Å². The molecule has 1 saturated heterocycles. The van der Waals surface area contributed by atoms with Crippen LogP contribution in [0.15, 0.2) is 42.5 Å². The van der Waals surface area contributed by atoms with Crippen molar-refractivity contribution >= 4 is 17.3 Å². The van der Waals surface area contributed by atoms with Gasteiger partial charge in [0.25, 0.3) is 0 Å². The fourth-order valence-electron chi connectivity index (χ4n) is 2.97. The summed E-state index contributed by atoms with van der Waals surface area (Å²) in [6.07, 6.45) is 0.551. The maximum absolute atomic E-state index is 13.7. The van der Waals surface area contributed by atoms with Crippen molar-refractivity contribution in [1.29, 1.82) is 0 Å². The molecule has 3 rings (SSSR count). The van der Waals surface area contributed by atoms with Crippen LogP contribution in [0.3, 0.4) is 0 Å². The largest absolute Gasteiger partial charge is 0.495 e. The minimum atomic E-state index is -0.285. The number of halogens is 1. The van der Waals surface area contributed by atoms with Crippen LogP contribution in [-0.4, -0.2) is 39.3 Å². The number of methoxy groups -OCH3 is 1. The lowest BCUT2D eigenvalue weighted by Gasteiger charge is -2.29. The zero-order valence-electron chi connectivity index (χ0n) is 14.8. The summed E-state index contributed by atoms with van der Waals surface area (Å²) < 4.78 is 24.4. The lowest BCUT2D eigenvalue weighted by atomic mass is 10.1. The Kier molecular flexibility index (Phi) is 6.07. The molecule has 2 aromatic rings.